The minimum Gasteiger partial charge on any atom is -0.310 e. The van der Waals surface area contributed by atoms with Crippen LogP contribution >= 0.6 is 11.8 Å². The van der Waals surface area contributed by atoms with E-state index in [1.807, 2.05) is 6.07 Å². The van der Waals surface area contributed by atoms with Crippen molar-refractivity contribution in [1.82, 2.24) is 5.32 Å². The summed E-state index contributed by atoms with van der Waals surface area (Å²) in [5, 5.41) is 3.44. The largest absolute Gasteiger partial charge is 0.310 e. The molecule has 1 unspecified atom stereocenters. The van der Waals surface area contributed by atoms with Crippen molar-refractivity contribution in [2.75, 3.05) is 12.3 Å². The highest BCUT2D eigenvalue weighted by atomic mass is 32.2. The average molecular weight is 283 g/mol. The average Bonchev–Trinajstić information content (AvgIpc) is 2.37. The van der Waals surface area contributed by atoms with Crippen molar-refractivity contribution in [1.29, 1.82) is 0 Å². The fourth-order valence-corrected chi connectivity index (χ4v) is 3.30. The summed E-state index contributed by atoms with van der Waals surface area (Å²) in [6.45, 7) is 9.62. The van der Waals surface area contributed by atoms with Gasteiger partial charge >= 0.3 is 0 Å². The molecule has 0 bridgehead atoms. The fourth-order valence-electron chi connectivity index (χ4n) is 1.89. The Hall–Kier alpha value is -0.540. The Balaban J connectivity index is 2.76. The molecule has 0 aliphatic heterocycles. The van der Waals surface area contributed by atoms with Crippen molar-refractivity contribution in [3.8, 4) is 0 Å². The lowest BCUT2D eigenvalue weighted by atomic mass is 10.1. The Kier molecular flexibility index (Phi) is 7.47. The summed E-state index contributed by atoms with van der Waals surface area (Å²) in [7, 11) is 0. The van der Waals surface area contributed by atoms with Gasteiger partial charge in [0, 0.05) is 10.9 Å². The summed E-state index contributed by atoms with van der Waals surface area (Å²) in [4.78, 5) is 0.819. The highest BCUT2D eigenvalue weighted by molar-refractivity contribution is 7.99. The number of hydrogen-bond acceptors (Lipinski definition) is 2. The van der Waals surface area contributed by atoms with Crippen LogP contribution in [0.1, 0.15) is 52.1 Å². The van der Waals surface area contributed by atoms with Gasteiger partial charge in [-0.05, 0) is 49.6 Å². The monoisotopic (exact) mass is 283 g/mol. The van der Waals surface area contributed by atoms with Crippen LogP contribution in [0.5, 0.6) is 0 Å². The van der Waals surface area contributed by atoms with E-state index in [1.54, 1.807) is 23.9 Å². The van der Waals surface area contributed by atoms with E-state index in [2.05, 4.69) is 33.0 Å². The zero-order valence-electron chi connectivity index (χ0n) is 12.5. The van der Waals surface area contributed by atoms with Crippen LogP contribution in [0.15, 0.2) is 23.1 Å². The van der Waals surface area contributed by atoms with Gasteiger partial charge in [-0.25, -0.2) is 4.39 Å². The van der Waals surface area contributed by atoms with Crippen LogP contribution in [0.4, 0.5) is 4.39 Å². The maximum Gasteiger partial charge on any atom is 0.137 e. The van der Waals surface area contributed by atoms with Crippen molar-refractivity contribution in [2.45, 2.75) is 51.5 Å². The molecule has 19 heavy (non-hydrogen) atoms. The van der Waals surface area contributed by atoms with Gasteiger partial charge in [-0.15, -0.1) is 11.8 Å². The van der Waals surface area contributed by atoms with Gasteiger partial charge in [0.15, 0.2) is 0 Å². The topological polar surface area (TPSA) is 12.0 Å². The third kappa shape index (κ3) is 5.53. The summed E-state index contributed by atoms with van der Waals surface area (Å²) in [5.74, 6) is 1.56. The molecule has 0 spiro atoms. The molecule has 3 heteroatoms. The molecular formula is C16H26FNS. The van der Waals surface area contributed by atoms with Crippen LogP contribution in [-0.4, -0.2) is 12.3 Å². The van der Waals surface area contributed by atoms with E-state index in [9.17, 15) is 4.39 Å². The second-order valence-corrected chi connectivity index (χ2v) is 6.47. The van der Waals surface area contributed by atoms with E-state index < -0.39 is 0 Å². The van der Waals surface area contributed by atoms with Crippen LogP contribution in [-0.2, 0) is 0 Å². The molecule has 1 aromatic carbocycles. The lowest BCUT2D eigenvalue weighted by molar-refractivity contribution is 0.543. The molecule has 0 aliphatic carbocycles. The summed E-state index contributed by atoms with van der Waals surface area (Å²) >= 11 is 1.65. The lowest BCUT2D eigenvalue weighted by Crippen LogP contribution is -2.20. The van der Waals surface area contributed by atoms with E-state index in [1.165, 1.54) is 0 Å². The third-order valence-corrected chi connectivity index (χ3v) is 4.27. The van der Waals surface area contributed by atoms with Crippen LogP contribution in [0.2, 0.25) is 0 Å². The van der Waals surface area contributed by atoms with E-state index in [0.29, 0.717) is 5.92 Å². The highest BCUT2D eigenvalue weighted by Gasteiger charge is 2.14. The lowest BCUT2D eigenvalue weighted by Gasteiger charge is -2.18. The van der Waals surface area contributed by atoms with Crippen molar-refractivity contribution >= 4 is 11.8 Å². The number of nitrogens with one attached hydrogen (secondary N) is 1. The van der Waals surface area contributed by atoms with Crippen LogP contribution in [0.25, 0.3) is 0 Å². The van der Waals surface area contributed by atoms with Gasteiger partial charge in [0.05, 0.1) is 0 Å². The summed E-state index contributed by atoms with van der Waals surface area (Å²) < 4.78 is 14.0. The van der Waals surface area contributed by atoms with Crippen LogP contribution in [0.3, 0.4) is 0 Å². The molecule has 0 radical (unpaired) electrons. The summed E-state index contributed by atoms with van der Waals surface area (Å²) in [6, 6.07) is 5.61. The number of thioether (sulfide) groups is 1. The first-order valence-electron chi connectivity index (χ1n) is 7.20. The van der Waals surface area contributed by atoms with Crippen molar-refractivity contribution in [3.05, 3.63) is 29.6 Å². The van der Waals surface area contributed by atoms with Gasteiger partial charge in [-0.2, -0.15) is 0 Å². The van der Waals surface area contributed by atoms with E-state index >= 15 is 0 Å². The predicted octanol–water partition coefficient (Wildman–Crippen LogP) is 5.02. The van der Waals surface area contributed by atoms with Crippen molar-refractivity contribution in [3.63, 3.8) is 0 Å². The highest BCUT2D eigenvalue weighted by Crippen LogP contribution is 2.31. The third-order valence-electron chi connectivity index (χ3n) is 3.11. The Morgan fingerprint density at radius 2 is 2.00 bits per heavy atom. The summed E-state index contributed by atoms with van der Waals surface area (Å²) in [6.07, 6.45) is 2.21. The SMILES string of the molecule is CCCNC(C)c1cccc(F)c1SCCC(C)C. The first-order valence-corrected chi connectivity index (χ1v) is 8.19. The van der Waals surface area contributed by atoms with E-state index in [-0.39, 0.29) is 11.9 Å². The molecule has 1 aromatic rings. The van der Waals surface area contributed by atoms with Gasteiger partial charge in [-0.1, -0.05) is 32.9 Å². The molecule has 1 N–H and O–H groups in total. The molecule has 0 aliphatic rings. The van der Waals surface area contributed by atoms with Gasteiger partial charge in [0.2, 0.25) is 0 Å². The normalized spacial score (nSPS) is 12.9. The zero-order valence-corrected chi connectivity index (χ0v) is 13.3. The van der Waals surface area contributed by atoms with Crippen molar-refractivity contribution < 1.29 is 4.39 Å². The predicted molar refractivity (Wildman–Crippen MR) is 83.3 cm³/mol. The first kappa shape index (κ1) is 16.5. The zero-order chi connectivity index (χ0) is 14.3. The maximum absolute atomic E-state index is 14.0. The minimum absolute atomic E-state index is 0.0867. The molecule has 0 aromatic heterocycles. The standard InChI is InChI=1S/C16H26FNS/c1-5-10-18-13(4)14-7-6-8-15(17)16(14)19-11-9-12(2)3/h6-8,12-13,18H,5,9-11H2,1-4H3. The molecule has 0 saturated carbocycles. The molecule has 0 amide bonds. The summed E-state index contributed by atoms with van der Waals surface area (Å²) in [5.41, 5.74) is 1.09. The molecule has 0 heterocycles. The van der Waals surface area contributed by atoms with Gasteiger partial charge in [0.1, 0.15) is 5.82 Å². The fraction of sp³-hybridized carbons (Fsp3) is 0.625. The first-order chi connectivity index (χ1) is 9.06. The van der Waals surface area contributed by atoms with Crippen LogP contribution < -0.4 is 5.32 Å². The number of rotatable bonds is 8. The molecule has 1 atom stereocenters. The van der Waals surface area contributed by atoms with Gasteiger partial charge in [0.25, 0.3) is 0 Å². The Bertz CT molecular complexity index is 379. The number of benzene rings is 1. The van der Waals surface area contributed by atoms with Crippen LogP contribution in [0, 0.1) is 11.7 Å². The second-order valence-electron chi connectivity index (χ2n) is 5.36. The van der Waals surface area contributed by atoms with Gasteiger partial charge in [-0.3, -0.25) is 0 Å². The maximum atomic E-state index is 14.0. The number of halogens is 1. The molecule has 1 nitrogen and oxygen atoms in total. The molecule has 108 valence electrons. The number of hydrogen-bond donors (Lipinski definition) is 1. The molecular weight excluding hydrogens is 257 g/mol. The Labute approximate surface area is 121 Å². The smallest absolute Gasteiger partial charge is 0.137 e. The molecule has 0 fully saturated rings. The van der Waals surface area contributed by atoms with Gasteiger partial charge < -0.3 is 5.32 Å². The Morgan fingerprint density at radius 1 is 1.26 bits per heavy atom. The van der Waals surface area contributed by atoms with E-state index in [0.717, 1.165) is 35.6 Å². The molecule has 1 rings (SSSR count). The minimum atomic E-state index is -0.0867. The Morgan fingerprint density at radius 3 is 2.63 bits per heavy atom. The molecule has 0 saturated heterocycles. The van der Waals surface area contributed by atoms with Crippen molar-refractivity contribution in [2.24, 2.45) is 5.92 Å². The van der Waals surface area contributed by atoms with E-state index in [4.69, 9.17) is 0 Å². The quantitative estimate of drug-likeness (QED) is 0.672. The second kappa shape index (κ2) is 8.60.